The maximum Gasteiger partial charge on any atom is 0.236 e. The Hall–Kier alpha value is -1.12. The summed E-state index contributed by atoms with van der Waals surface area (Å²) in [5.74, 6) is 0.213. The molecule has 0 aromatic carbocycles. The van der Waals surface area contributed by atoms with Crippen LogP contribution in [0.1, 0.15) is 13.8 Å². The second-order valence-corrected chi connectivity index (χ2v) is 4.00. The van der Waals surface area contributed by atoms with Gasteiger partial charge in [-0.3, -0.25) is 9.69 Å². The average molecular weight is 227 g/mol. The van der Waals surface area contributed by atoms with Gasteiger partial charge < -0.3 is 9.64 Å². The number of amides is 1. The maximum atomic E-state index is 11.7. The van der Waals surface area contributed by atoms with Crippen molar-refractivity contribution in [3.63, 3.8) is 0 Å². The summed E-state index contributed by atoms with van der Waals surface area (Å²) in [6.07, 6.45) is 0. The zero-order valence-corrected chi connectivity index (χ0v) is 10.3. The zero-order valence-electron chi connectivity index (χ0n) is 10.3. The molecule has 0 bridgehead atoms. The van der Waals surface area contributed by atoms with Crippen LogP contribution in [0.3, 0.4) is 0 Å². The van der Waals surface area contributed by atoms with Crippen LogP contribution < -0.4 is 0 Å². The largest absolute Gasteiger partial charge is 0.378 e. The van der Waals surface area contributed by atoms with Crippen molar-refractivity contribution in [2.24, 2.45) is 0 Å². The van der Waals surface area contributed by atoms with Crippen molar-refractivity contribution in [1.82, 2.24) is 9.80 Å². The Balaban J connectivity index is 0.00000106. The standard InChI is InChI=1S/C10H20N2O2.CHN/c1-9(2)11(3)8-10(13)12-4-6-14-7-5-12;1-2/h9H,4-8H2,1-3H3;1H. The van der Waals surface area contributed by atoms with E-state index in [9.17, 15) is 4.79 Å². The maximum absolute atomic E-state index is 11.7. The molecule has 0 radical (unpaired) electrons. The Morgan fingerprint density at radius 1 is 1.44 bits per heavy atom. The molecule has 1 amide bonds. The molecule has 0 saturated carbocycles. The van der Waals surface area contributed by atoms with Crippen molar-refractivity contribution in [2.45, 2.75) is 19.9 Å². The van der Waals surface area contributed by atoms with E-state index in [0.29, 0.717) is 25.8 Å². The highest BCUT2D eigenvalue weighted by molar-refractivity contribution is 5.78. The van der Waals surface area contributed by atoms with Crippen LogP contribution in [0.5, 0.6) is 0 Å². The molecule has 0 atom stereocenters. The van der Waals surface area contributed by atoms with Crippen LogP contribution in [0.2, 0.25) is 0 Å². The summed E-state index contributed by atoms with van der Waals surface area (Å²) in [5.41, 5.74) is 0. The lowest BCUT2D eigenvalue weighted by atomic mass is 10.3. The third-order valence-corrected chi connectivity index (χ3v) is 2.63. The summed E-state index contributed by atoms with van der Waals surface area (Å²) in [7, 11) is 1.98. The molecule has 1 aliphatic rings. The monoisotopic (exact) mass is 227 g/mol. The van der Waals surface area contributed by atoms with Crippen LogP contribution in [0.15, 0.2) is 0 Å². The minimum absolute atomic E-state index is 0.213. The highest BCUT2D eigenvalue weighted by atomic mass is 16.5. The van der Waals surface area contributed by atoms with Crippen LogP contribution in [-0.2, 0) is 9.53 Å². The van der Waals surface area contributed by atoms with E-state index in [1.54, 1.807) is 0 Å². The Bertz CT molecular complexity index is 223. The quantitative estimate of drug-likeness (QED) is 0.697. The first-order chi connectivity index (χ1) is 7.61. The number of morpholine rings is 1. The van der Waals surface area contributed by atoms with E-state index in [2.05, 4.69) is 25.3 Å². The van der Waals surface area contributed by atoms with Gasteiger partial charge in [0, 0.05) is 25.7 Å². The van der Waals surface area contributed by atoms with Crippen molar-refractivity contribution >= 4 is 5.91 Å². The first kappa shape index (κ1) is 14.9. The number of ether oxygens (including phenoxy) is 1. The van der Waals surface area contributed by atoms with Crippen LogP contribution in [-0.4, -0.2) is 61.6 Å². The van der Waals surface area contributed by atoms with Gasteiger partial charge in [0.25, 0.3) is 0 Å². The lowest BCUT2D eigenvalue weighted by molar-refractivity contribution is -0.136. The number of carbonyl (C=O) groups excluding carboxylic acids is 1. The summed E-state index contributed by atoms with van der Waals surface area (Å²) in [6.45, 7) is 11.0. The van der Waals surface area contributed by atoms with Gasteiger partial charge in [0.15, 0.2) is 0 Å². The first-order valence-electron chi connectivity index (χ1n) is 5.43. The predicted octanol–water partition coefficient (Wildman–Crippen LogP) is 0.325. The van der Waals surface area contributed by atoms with E-state index in [-0.39, 0.29) is 5.91 Å². The van der Waals surface area contributed by atoms with Gasteiger partial charge in [-0.1, -0.05) is 0 Å². The Kier molecular flexibility index (Phi) is 7.52. The molecule has 1 heterocycles. The third-order valence-electron chi connectivity index (χ3n) is 2.63. The number of carbonyl (C=O) groups is 1. The van der Waals surface area contributed by atoms with Gasteiger partial charge >= 0.3 is 0 Å². The fourth-order valence-corrected chi connectivity index (χ4v) is 1.31. The minimum atomic E-state index is 0.213. The van der Waals surface area contributed by atoms with Crippen LogP contribution >= 0.6 is 0 Å². The molecule has 1 aliphatic heterocycles. The molecule has 0 unspecified atom stereocenters. The molecular formula is C11H21N3O2. The first-order valence-corrected chi connectivity index (χ1v) is 5.43. The highest BCUT2D eigenvalue weighted by Gasteiger charge is 2.18. The molecule has 16 heavy (non-hydrogen) atoms. The SMILES string of the molecule is C#N.CC(C)N(C)CC(=O)N1CCOCC1. The van der Waals surface area contributed by atoms with Gasteiger partial charge in [-0.05, 0) is 20.9 Å². The molecule has 0 aromatic rings. The summed E-state index contributed by atoms with van der Waals surface area (Å²) >= 11 is 0. The normalized spacial score (nSPS) is 15.8. The summed E-state index contributed by atoms with van der Waals surface area (Å²) in [4.78, 5) is 15.7. The molecule has 1 fully saturated rings. The fourth-order valence-electron chi connectivity index (χ4n) is 1.31. The number of likely N-dealkylation sites (N-methyl/N-ethyl adjacent to an activating group) is 1. The van der Waals surface area contributed by atoms with Gasteiger partial charge in [0.1, 0.15) is 0 Å². The number of rotatable bonds is 3. The summed E-state index contributed by atoms with van der Waals surface area (Å²) in [5, 5.41) is 6.50. The van der Waals surface area contributed by atoms with Gasteiger partial charge in [-0.25, -0.2) is 5.26 Å². The second-order valence-electron chi connectivity index (χ2n) is 4.00. The van der Waals surface area contributed by atoms with E-state index in [4.69, 9.17) is 10.00 Å². The Morgan fingerprint density at radius 2 is 1.94 bits per heavy atom. The smallest absolute Gasteiger partial charge is 0.236 e. The van der Waals surface area contributed by atoms with E-state index >= 15 is 0 Å². The minimum Gasteiger partial charge on any atom is -0.378 e. The predicted molar refractivity (Wildman–Crippen MR) is 61.8 cm³/mol. The summed E-state index contributed by atoms with van der Waals surface area (Å²) in [6, 6.07) is 0.417. The van der Waals surface area contributed by atoms with E-state index in [1.165, 1.54) is 0 Å². The molecular weight excluding hydrogens is 206 g/mol. The van der Waals surface area contributed by atoms with E-state index in [0.717, 1.165) is 13.1 Å². The topological polar surface area (TPSA) is 56.6 Å². The molecule has 0 N–H and O–H groups in total. The van der Waals surface area contributed by atoms with Crippen molar-refractivity contribution in [1.29, 1.82) is 5.26 Å². The molecule has 92 valence electrons. The van der Waals surface area contributed by atoms with Gasteiger partial charge in [-0.15, -0.1) is 0 Å². The highest BCUT2D eigenvalue weighted by Crippen LogP contribution is 2.00. The summed E-state index contributed by atoms with van der Waals surface area (Å²) < 4.78 is 5.19. The fraction of sp³-hybridized carbons (Fsp3) is 0.818. The molecule has 1 saturated heterocycles. The zero-order chi connectivity index (χ0) is 12.6. The van der Waals surface area contributed by atoms with Crippen molar-refractivity contribution in [3.05, 3.63) is 0 Å². The van der Waals surface area contributed by atoms with Crippen LogP contribution in [0.25, 0.3) is 0 Å². The molecule has 5 nitrogen and oxygen atoms in total. The van der Waals surface area contributed by atoms with Crippen molar-refractivity contribution in [3.8, 4) is 6.57 Å². The van der Waals surface area contributed by atoms with Crippen LogP contribution in [0.4, 0.5) is 0 Å². The number of nitrogens with zero attached hydrogens (tertiary/aromatic N) is 3. The third kappa shape index (κ3) is 5.10. The van der Waals surface area contributed by atoms with Crippen molar-refractivity contribution < 1.29 is 9.53 Å². The Morgan fingerprint density at radius 3 is 2.38 bits per heavy atom. The lowest BCUT2D eigenvalue weighted by Gasteiger charge is -2.29. The Labute approximate surface area is 97.6 Å². The molecule has 1 rings (SSSR count). The average Bonchev–Trinajstić information content (AvgIpc) is 2.32. The van der Waals surface area contributed by atoms with E-state index in [1.807, 2.05) is 11.9 Å². The number of hydrogen-bond acceptors (Lipinski definition) is 4. The van der Waals surface area contributed by atoms with Crippen molar-refractivity contribution in [2.75, 3.05) is 39.9 Å². The lowest BCUT2D eigenvalue weighted by Crippen LogP contribution is -2.46. The van der Waals surface area contributed by atoms with Crippen LogP contribution in [0, 0.1) is 11.8 Å². The molecule has 0 spiro atoms. The number of nitriles is 1. The number of hydrogen-bond donors (Lipinski definition) is 0. The molecule has 0 aromatic heterocycles. The van der Waals surface area contributed by atoms with Gasteiger partial charge in [-0.2, -0.15) is 0 Å². The van der Waals surface area contributed by atoms with Gasteiger partial charge in [0.2, 0.25) is 5.91 Å². The molecule has 5 heteroatoms. The molecule has 0 aliphatic carbocycles. The van der Waals surface area contributed by atoms with Gasteiger partial charge in [0.05, 0.1) is 19.8 Å². The van der Waals surface area contributed by atoms with E-state index < -0.39 is 0 Å². The second kappa shape index (κ2) is 8.08.